The van der Waals surface area contributed by atoms with E-state index in [1.54, 1.807) is 17.7 Å². The number of hydrogen-bond acceptors (Lipinski definition) is 2. The zero-order valence-corrected chi connectivity index (χ0v) is 15.6. The van der Waals surface area contributed by atoms with Gasteiger partial charge in [-0.15, -0.1) is 0 Å². The molecule has 142 valence electrons. The van der Waals surface area contributed by atoms with Crippen LogP contribution in [-0.2, 0) is 6.54 Å². The van der Waals surface area contributed by atoms with Gasteiger partial charge in [0.1, 0.15) is 5.82 Å². The van der Waals surface area contributed by atoms with Crippen LogP contribution < -0.4 is 0 Å². The average molecular weight is 402 g/mol. The predicted molar refractivity (Wildman–Crippen MR) is 103 cm³/mol. The number of fused-ring (bicyclic) bond motifs is 1. The summed E-state index contributed by atoms with van der Waals surface area (Å²) in [5.41, 5.74) is 2.36. The molecule has 2 heterocycles. The molecule has 0 saturated heterocycles. The van der Waals surface area contributed by atoms with Crippen molar-refractivity contribution in [3.8, 4) is 11.3 Å². The van der Waals surface area contributed by atoms with Crippen molar-refractivity contribution in [2.45, 2.75) is 19.9 Å². The smallest absolute Gasteiger partial charge is 0.242 e. The van der Waals surface area contributed by atoms with Gasteiger partial charge < -0.3 is 0 Å². The van der Waals surface area contributed by atoms with E-state index in [0.29, 0.717) is 39.6 Å². The molecule has 2 aromatic heterocycles. The molecule has 3 nitrogen and oxygen atoms in total. The van der Waals surface area contributed by atoms with Gasteiger partial charge in [0.15, 0.2) is 5.65 Å². The van der Waals surface area contributed by atoms with Gasteiger partial charge in [0.05, 0.1) is 23.3 Å². The molecule has 0 fully saturated rings. The minimum atomic E-state index is -2.69. The first-order valence-electron chi connectivity index (χ1n) is 8.59. The second kappa shape index (κ2) is 7.28. The van der Waals surface area contributed by atoms with Crippen molar-refractivity contribution in [2.24, 2.45) is 0 Å². The highest BCUT2D eigenvalue weighted by Gasteiger charge is 2.21. The number of hydrogen-bond donors (Lipinski definition) is 0. The summed E-state index contributed by atoms with van der Waals surface area (Å²) in [5, 5.41) is 5.31. The molecule has 4 aromatic rings. The summed E-state index contributed by atoms with van der Waals surface area (Å²) in [6.45, 7) is 1.98. The van der Waals surface area contributed by atoms with E-state index >= 15 is 0 Å². The first kappa shape index (κ1) is 18.5. The van der Waals surface area contributed by atoms with E-state index in [9.17, 15) is 13.2 Å². The molecule has 0 spiro atoms. The maximum atomic E-state index is 13.8. The van der Waals surface area contributed by atoms with E-state index in [4.69, 9.17) is 11.6 Å². The summed E-state index contributed by atoms with van der Waals surface area (Å²) in [6, 6.07) is 14.2. The summed E-state index contributed by atoms with van der Waals surface area (Å²) < 4.78 is 42.4. The molecule has 7 heteroatoms. The summed E-state index contributed by atoms with van der Waals surface area (Å²) in [6.07, 6.45) is -2.69. The van der Waals surface area contributed by atoms with Gasteiger partial charge >= 0.3 is 0 Å². The first-order chi connectivity index (χ1) is 13.4. The van der Waals surface area contributed by atoms with E-state index < -0.39 is 12.2 Å². The minimum Gasteiger partial charge on any atom is -0.242 e. The third-order valence-corrected chi connectivity index (χ3v) is 4.93. The number of rotatable bonds is 4. The largest absolute Gasteiger partial charge is 0.264 e. The summed E-state index contributed by atoms with van der Waals surface area (Å²) in [7, 11) is 0. The Bertz CT molecular complexity index is 1150. The Morgan fingerprint density at radius 1 is 1.07 bits per heavy atom. The van der Waals surface area contributed by atoms with E-state index in [1.165, 1.54) is 30.3 Å². The van der Waals surface area contributed by atoms with Crippen molar-refractivity contribution in [2.75, 3.05) is 0 Å². The van der Waals surface area contributed by atoms with Crippen LogP contribution in [0.1, 0.15) is 23.2 Å². The monoisotopic (exact) mass is 401 g/mol. The standard InChI is InChI=1S/C21H15ClF3N3/c1-12-19-16(20(24)25)10-18(13-6-8-15(23)9-7-13)26-21(19)28(27-12)11-14-4-2-3-5-17(14)22/h2-10,20H,11H2,1H3. The van der Waals surface area contributed by atoms with Gasteiger partial charge in [0.25, 0.3) is 6.43 Å². The summed E-state index contributed by atoms with van der Waals surface area (Å²) in [5.74, 6) is -0.404. The molecular formula is C21H15ClF3N3. The highest BCUT2D eigenvalue weighted by atomic mass is 35.5. The van der Waals surface area contributed by atoms with Crippen molar-refractivity contribution in [1.29, 1.82) is 0 Å². The lowest BCUT2D eigenvalue weighted by molar-refractivity contribution is 0.153. The molecule has 0 aliphatic carbocycles. The van der Waals surface area contributed by atoms with Crippen molar-refractivity contribution in [1.82, 2.24) is 14.8 Å². The van der Waals surface area contributed by atoms with Gasteiger partial charge in [-0.1, -0.05) is 29.8 Å². The Hall–Kier alpha value is -2.86. The third kappa shape index (κ3) is 3.36. The second-order valence-electron chi connectivity index (χ2n) is 6.44. The van der Waals surface area contributed by atoms with Crippen LogP contribution in [0.25, 0.3) is 22.3 Å². The Labute approximate surface area is 164 Å². The molecule has 28 heavy (non-hydrogen) atoms. The lowest BCUT2D eigenvalue weighted by Crippen LogP contribution is -2.04. The quantitative estimate of drug-likeness (QED) is 0.408. The van der Waals surface area contributed by atoms with Crippen LogP contribution in [-0.4, -0.2) is 14.8 Å². The van der Waals surface area contributed by atoms with E-state index in [-0.39, 0.29) is 5.56 Å². The van der Waals surface area contributed by atoms with Gasteiger partial charge in [0.2, 0.25) is 0 Å². The molecule has 0 atom stereocenters. The van der Waals surface area contributed by atoms with Crippen LogP contribution in [0.2, 0.25) is 5.02 Å². The fourth-order valence-corrected chi connectivity index (χ4v) is 3.42. The van der Waals surface area contributed by atoms with Crippen LogP contribution in [0.3, 0.4) is 0 Å². The van der Waals surface area contributed by atoms with Gasteiger partial charge in [-0.3, -0.25) is 0 Å². The zero-order chi connectivity index (χ0) is 19.8. The van der Waals surface area contributed by atoms with Crippen molar-refractivity contribution >= 4 is 22.6 Å². The third-order valence-electron chi connectivity index (χ3n) is 4.56. The first-order valence-corrected chi connectivity index (χ1v) is 8.97. The Balaban J connectivity index is 1.92. The fourth-order valence-electron chi connectivity index (χ4n) is 3.23. The predicted octanol–water partition coefficient (Wildman–Crippen LogP) is 6.19. The lowest BCUT2D eigenvalue weighted by Gasteiger charge is -2.09. The number of nitrogens with zero attached hydrogens (tertiary/aromatic N) is 3. The number of aryl methyl sites for hydroxylation is 1. The molecule has 0 unspecified atom stereocenters. The van der Waals surface area contributed by atoms with E-state index in [2.05, 4.69) is 10.1 Å². The molecule has 0 N–H and O–H groups in total. The van der Waals surface area contributed by atoms with Crippen LogP contribution >= 0.6 is 11.6 Å². The van der Waals surface area contributed by atoms with E-state index in [1.807, 2.05) is 18.2 Å². The molecule has 0 amide bonds. The maximum absolute atomic E-state index is 13.8. The molecular weight excluding hydrogens is 387 g/mol. The van der Waals surface area contributed by atoms with Crippen LogP contribution in [0.5, 0.6) is 0 Å². The lowest BCUT2D eigenvalue weighted by atomic mass is 10.1. The average Bonchev–Trinajstić information content (AvgIpc) is 2.99. The van der Waals surface area contributed by atoms with Crippen LogP contribution in [0.4, 0.5) is 13.2 Å². The molecule has 0 bridgehead atoms. The Morgan fingerprint density at radius 2 is 1.79 bits per heavy atom. The Kier molecular flexibility index (Phi) is 4.81. The van der Waals surface area contributed by atoms with Crippen LogP contribution in [0, 0.1) is 12.7 Å². The van der Waals surface area contributed by atoms with Gasteiger partial charge in [-0.25, -0.2) is 22.8 Å². The van der Waals surface area contributed by atoms with Gasteiger partial charge in [-0.05, 0) is 48.9 Å². The maximum Gasteiger partial charge on any atom is 0.264 e. The number of halogens is 4. The highest BCUT2D eigenvalue weighted by Crippen LogP contribution is 2.33. The summed E-state index contributed by atoms with van der Waals surface area (Å²) in [4.78, 5) is 4.57. The number of benzene rings is 2. The number of alkyl halides is 2. The second-order valence-corrected chi connectivity index (χ2v) is 6.84. The Morgan fingerprint density at radius 3 is 2.46 bits per heavy atom. The van der Waals surface area contributed by atoms with E-state index in [0.717, 1.165) is 5.56 Å². The molecule has 4 rings (SSSR count). The normalized spacial score (nSPS) is 11.5. The number of aromatic nitrogens is 3. The number of pyridine rings is 1. The topological polar surface area (TPSA) is 30.7 Å². The SMILES string of the molecule is Cc1nn(Cc2ccccc2Cl)c2nc(-c3ccc(F)cc3)cc(C(F)F)c12. The van der Waals surface area contributed by atoms with Crippen molar-refractivity contribution < 1.29 is 13.2 Å². The molecule has 0 radical (unpaired) electrons. The molecule has 2 aromatic carbocycles. The highest BCUT2D eigenvalue weighted by molar-refractivity contribution is 6.31. The van der Waals surface area contributed by atoms with Crippen molar-refractivity contribution in [3.63, 3.8) is 0 Å². The summed E-state index contributed by atoms with van der Waals surface area (Å²) >= 11 is 6.24. The van der Waals surface area contributed by atoms with Crippen LogP contribution in [0.15, 0.2) is 54.6 Å². The molecule has 0 saturated carbocycles. The van der Waals surface area contributed by atoms with Gasteiger partial charge in [-0.2, -0.15) is 5.10 Å². The van der Waals surface area contributed by atoms with Crippen molar-refractivity contribution in [3.05, 3.63) is 82.3 Å². The molecule has 0 aliphatic rings. The fraction of sp³-hybridized carbons (Fsp3) is 0.143. The minimum absolute atomic E-state index is 0.146. The zero-order valence-electron chi connectivity index (χ0n) is 14.8. The van der Waals surface area contributed by atoms with Gasteiger partial charge in [0, 0.05) is 16.1 Å². The molecule has 0 aliphatic heterocycles.